The monoisotopic (exact) mass is 305 g/mol. The van der Waals surface area contributed by atoms with Gasteiger partial charge in [-0.15, -0.1) is 0 Å². The predicted molar refractivity (Wildman–Crippen MR) is 91.8 cm³/mol. The Labute approximate surface area is 136 Å². The lowest BCUT2D eigenvalue weighted by molar-refractivity contribution is 0.185. The van der Waals surface area contributed by atoms with Gasteiger partial charge in [-0.05, 0) is 11.1 Å². The van der Waals surface area contributed by atoms with E-state index in [9.17, 15) is 0 Å². The van der Waals surface area contributed by atoms with E-state index in [1.165, 1.54) is 5.56 Å². The number of rotatable bonds is 5. The Kier molecular flexibility index (Phi) is 4.64. The molecule has 2 aromatic carbocycles. The van der Waals surface area contributed by atoms with Crippen molar-refractivity contribution in [3.8, 4) is 11.3 Å². The smallest absolute Gasteiger partial charge is 0.145 e. The van der Waals surface area contributed by atoms with Gasteiger partial charge in [0.05, 0.1) is 24.2 Å². The molecule has 23 heavy (non-hydrogen) atoms. The molecule has 0 aliphatic rings. The second-order valence-corrected chi connectivity index (χ2v) is 5.38. The van der Waals surface area contributed by atoms with Crippen molar-refractivity contribution in [2.45, 2.75) is 13.0 Å². The normalized spacial score (nSPS) is 10.7. The minimum atomic E-state index is 0.480. The van der Waals surface area contributed by atoms with Crippen molar-refractivity contribution in [3.05, 3.63) is 77.6 Å². The minimum absolute atomic E-state index is 0.480. The molecule has 1 heterocycles. The zero-order valence-corrected chi connectivity index (χ0v) is 13.1. The lowest BCUT2D eigenvalue weighted by Crippen LogP contribution is -2.03. The Morgan fingerprint density at radius 3 is 2.39 bits per heavy atom. The third kappa shape index (κ3) is 3.73. The molecule has 0 unspecified atom stereocenters. The summed E-state index contributed by atoms with van der Waals surface area (Å²) >= 11 is 0. The van der Waals surface area contributed by atoms with Gasteiger partial charge in [0.2, 0.25) is 0 Å². The van der Waals surface area contributed by atoms with Crippen LogP contribution in [-0.4, -0.2) is 17.1 Å². The van der Waals surface area contributed by atoms with Crippen molar-refractivity contribution in [2.24, 2.45) is 0 Å². The molecule has 0 aliphatic heterocycles. The molecule has 0 atom stereocenters. The van der Waals surface area contributed by atoms with E-state index >= 15 is 0 Å². The molecule has 3 rings (SSSR count). The number of nitrogens with zero attached hydrogens (tertiary/aromatic N) is 2. The Morgan fingerprint density at radius 2 is 1.70 bits per heavy atom. The van der Waals surface area contributed by atoms with E-state index in [0.717, 1.165) is 22.5 Å². The van der Waals surface area contributed by atoms with E-state index < -0.39 is 0 Å². The van der Waals surface area contributed by atoms with E-state index in [1.807, 2.05) is 42.5 Å². The van der Waals surface area contributed by atoms with Crippen LogP contribution in [0, 0.1) is 0 Å². The van der Waals surface area contributed by atoms with Gasteiger partial charge in [0.15, 0.2) is 0 Å². The molecular formula is C19H19N3O. The third-order valence-electron chi connectivity index (χ3n) is 3.65. The van der Waals surface area contributed by atoms with Crippen molar-refractivity contribution in [3.63, 3.8) is 0 Å². The van der Waals surface area contributed by atoms with E-state index in [0.29, 0.717) is 18.8 Å². The zero-order chi connectivity index (χ0) is 16.1. The first-order valence-corrected chi connectivity index (χ1v) is 7.50. The van der Waals surface area contributed by atoms with Crippen LogP contribution in [0.15, 0.2) is 60.8 Å². The number of nitrogens with two attached hydrogens (primary N) is 1. The molecular weight excluding hydrogens is 286 g/mol. The zero-order valence-electron chi connectivity index (χ0n) is 13.1. The first-order valence-electron chi connectivity index (χ1n) is 7.50. The number of benzene rings is 2. The first kappa shape index (κ1) is 15.2. The van der Waals surface area contributed by atoms with Crippen LogP contribution in [0.5, 0.6) is 0 Å². The molecule has 0 amide bonds. The summed E-state index contributed by atoms with van der Waals surface area (Å²) in [6.07, 6.45) is 2.39. The van der Waals surface area contributed by atoms with E-state index in [-0.39, 0.29) is 0 Å². The number of hydrogen-bond acceptors (Lipinski definition) is 4. The van der Waals surface area contributed by atoms with Crippen molar-refractivity contribution in [2.75, 3.05) is 12.8 Å². The molecule has 0 fully saturated rings. The lowest BCUT2D eigenvalue weighted by atomic mass is 10.1. The first-order chi connectivity index (χ1) is 11.3. The molecule has 0 radical (unpaired) electrons. The fourth-order valence-corrected chi connectivity index (χ4v) is 2.43. The minimum Gasteiger partial charge on any atom is -0.382 e. The maximum absolute atomic E-state index is 5.99. The molecule has 0 bridgehead atoms. The maximum Gasteiger partial charge on any atom is 0.145 e. The van der Waals surface area contributed by atoms with Gasteiger partial charge >= 0.3 is 0 Å². The number of nitrogen functional groups attached to an aromatic ring is 1. The van der Waals surface area contributed by atoms with Crippen LogP contribution < -0.4 is 5.73 Å². The predicted octanol–water partition coefficient (Wildman–Crippen LogP) is 3.46. The van der Waals surface area contributed by atoms with Crippen LogP contribution in [0.3, 0.4) is 0 Å². The van der Waals surface area contributed by atoms with Crippen LogP contribution in [0.25, 0.3) is 11.3 Å². The summed E-state index contributed by atoms with van der Waals surface area (Å²) < 4.78 is 5.13. The number of anilines is 1. The summed E-state index contributed by atoms with van der Waals surface area (Å²) in [5, 5.41) is 0. The largest absolute Gasteiger partial charge is 0.382 e. The van der Waals surface area contributed by atoms with Gasteiger partial charge < -0.3 is 10.5 Å². The van der Waals surface area contributed by atoms with Crippen LogP contribution in [0.4, 0.5) is 5.82 Å². The lowest BCUT2D eigenvalue weighted by Gasteiger charge is -2.08. The van der Waals surface area contributed by atoms with Crippen molar-refractivity contribution in [1.29, 1.82) is 0 Å². The molecule has 0 spiro atoms. The topological polar surface area (TPSA) is 61.0 Å². The van der Waals surface area contributed by atoms with Gasteiger partial charge in [0, 0.05) is 19.1 Å². The highest BCUT2D eigenvalue weighted by Crippen LogP contribution is 2.21. The molecule has 3 aromatic rings. The number of hydrogen-bond donors (Lipinski definition) is 1. The SMILES string of the molecule is COCc1ccc(-c2cnc(N)c(Cc3ccccc3)n2)cc1. The van der Waals surface area contributed by atoms with Gasteiger partial charge in [-0.1, -0.05) is 54.6 Å². The number of ether oxygens (including phenoxy) is 1. The van der Waals surface area contributed by atoms with Gasteiger partial charge in [-0.25, -0.2) is 9.97 Å². The van der Waals surface area contributed by atoms with E-state index in [1.54, 1.807) is 13.3 Å². The summed E-state index contributed by atoms with van der Waals surface area (Å²) in [5.74, 6) is 0.480. The molecule has 0 saturated heterocycles. The fourth-order valence-electron chi connectivity index (χ4n) is 2.43. The average Bonchev–Trinajstić information content (AvgIpc) is 2.59. The second kappa shape index (κ2) is 7.03. The molecule has 116 valence electrons. The molecule has 4 heteroatoms. The maximum atomic E-state index is 5.99. The average molecular weight is 305 g/mol. The summed E-state index contributed by atoms with van der Waals surface area (Å²) in [4.78, 5) is 9.00. The van der Waals surface area contributed by atoms with Crippen molar-refractivity contribution >= 4 is 5.82 Å². The molecule has 0 aliphatic carbocycles. The Balaban J connectivity index is 1.87. The standard InChI is InChI=1S/C19H19N3O/c1-23-13-15-7-9-16(10-8-15)18-12-21-19(20)17(22-18)11-14-5-3-2-4-6-14/h2-10,12H,11,13H2,1H3,(H2,20,21). The quantitative estimate of drug-likeness (QED) is 0.784. The summed E-state index contributed by atoms with van der Waals surface area (Å²) in [5.41, 5.74) is 10.9. The molecule has 4 nitrogen and oxygen atoms in total. The van der Waals surface area contributed by atoms with Gasteiger partial charge in [0.1, 0.15) is 5.82 Å². The van der Waals surface area contributed by atoms with E-state index in [4.69, 9.17) is 15.5 Å². The second-order valence-electron chi connectivity index (χ2n) is 5.38. The Morgan fingerprint density at radius 1 is 0.957 bits per heavy atom. The highest BCUT2D eigenvalue weighted by Gasteiger charge is 2.08. The fraction of sp³-hybridized carbons (Fsp3) is 0.158. The summed E-state index contributed by atoms with van der Waals surface area (Å²) in [6.45, 7) is 0.604. The highest BCUT2D eigenvalue weighted by molar-refractivity contribution is 5.60. The van der Waals surface area contributed by atoms with Crippen LogP contribution in [-0.2, 0) is 17.8 Å². The Bertz CT molecular complexity index is 770. The molecule has 0 saturated carbocycles. The van der Waals surface area contributed by atoms with Gasteiger partial charge in [-0.2, -0.15) is 0 Å². The highest BCUT2D eigenvalue weighted by atomic mass is 16.5. The third-order valence-corrected chi connectivity index (χ3v) is 3.65. The van der Waals surface area contributed by atoms with Crippen molar-refractivity contribution in [1.82, 2.24) is 9.97 Å². The summed E-state index contributed by atoms with van der Waals surface area (Å²) in [7, 11) is 1.69. The molecule has 2 N–H and O–H groups in total. The van der Waals surface area contributed by atoms with Crippen LogP contribution in [0.2, 0.25) is 0 Å². The Hall–Kier alpha value is -2.72. The number of aromatic nitrogens is 2. The van der Waals surface area contributed by atoms with Crippen LogP contribution >= 0.6 is 0 Å². The van der Waals surface area contributed by atoms with Gasteiger partial charge in [-0.3, -0.25) is 0 Å². The van der Waals surface area contributed by atoms with Crippen molar-refractivity contribution < 1.29 is 4.74 Å². The number of methoxy groups -OCH3 is 1. The summed E-state index contributed by atoms with van der Waals surface area (Å²) in [6, 6.07) is 18.3. The molecule has 1 aromatic heterocycles. The van der Waals surface area contributed by atoms with E-state index in [2.05, 4.69) is 17.1 Å². The van der Waals surface area contributed by atoms with Gasteiger partial charge in [0.25, 0.3) is 0 Å². The van der Waals surface area contributed by atoms with Crippen LogP contribution in [0.1, 0.15) is 16.8 Å².